The Bertz CT molecular complexity index is 1150. The van der Waals surface area contributed by atoms with E-state index < -0.39 is 10.0 Å². The quantitative estimate of drug-likeness (QED) is 0.659. The van der Waals surface area contributed by atoms with Gasteiger partial charge in [-0.25, -0.2) is 18.4 Å². The van der Waals surface area contributed by atoms with Crippen LogP contribution in [0.25, 0.3) is 10.9 Å². The second kappa shape index (κ2) is 8.11. The number of morpholine rings is 1. The molecule has 0 atom stereocenters. The Morgan fingerprint density at radius 1 is 1.14 bits per heavy atom. The first kappa shape index (κ1) is 19.8. The highest BCUT2D eigenvalue weighted by atomic mass is 35.5. The molecule has 1 aliphatic rings. The Morgan fingerprint density at radius 3 is 2.69 bits per heavy atom. The Balaban J connectivity index is 1.71. The standard InChI is InChI=1S/C19H19ClN4O4S/c1-27-13-2-5-17-15(10-13)19(22-12-21-17)23-18-11-14(3-4-16(18)20)29(25,26)24-6-8-28-9-7-24/h2-5,10-12H,6-9H2,1H3,(H,21,22,23). The second-order valence-electron chi connectivity index (χ2n) is 6.39. The van der Waals surface area contributed by atoms with Gasteiger partial charge in [-0.05, 0) is 36.4 Å². The van der Waals surface area contributed by atoms with Gasteiger partial charge < -0.3 is 14.8 Å². The highest BCUT2D eigenvalue weighted by Crippen LogP contribution is 2.32. The van der Waals surface area contributed by atoms with Crippen LogP contribution in [-0.2, 0) is 14.8 Å². The Kier molecular flexibility index (Phi) is 5.55. The van der Waals surface area contributed by atoms with Gasteiger partial charge in [0.15, 0.2) is 0 Å². The number of nitrogens with one attached hydrogen (secondary N) is 1. The molecule has 2 aromatic carbocycles. The minimum Gasteiger partial charge on any atom is -0.497 e. The fourth-order valence-electron chi connectivity index (χ4n) is 3.09. The lowest BCUT2D eigenvalue weighted by Gasteiger charge is -2.26. The highest BCUT2D eigenvalue weighted by molar-refractivity contribution is 7.89. The van der Waals surface area contributed by atoms with Gasteiger partial charge in [-0.1, -0.05) is 11.6 Å². The van der Waals surface area contributed by atoms with E-state index in [9.17, 15) is 8.42 Å². The van der Waals surface area contributed by atoms with Crippen LogP contribution in [0.3, 0.4) is 0 Å². The number of aromatic nitrogens is 2. The summed E-state index contributed by atoms with van der Waals surface area (Å²) in [6.45, 7) is 1.41. The number of rotatable bonds is 5. The van der Waals surface area contributed by atoms with Crippen molar-refractivity contribution in [1.82, 2.24) is 14.3 Å². The van der Waals surface area contributed by atoms with Crippen molar-refractivity contribution in [1.29, 1.82) is 0 Å². The summed E-state index contributed by atoms with van der Waals surface area (Å²) in [5, 5.41) is 4.24. The van der Waals surface area contributed by atoms with Gasteiger partial charge in [0.05, 0.1) is 41.4 Å². The van der Waals surface area contributed by atoms with Gasteiger partial charge in [0.25, 0.3) is 0 Å². The van der Waals surface area contributed by atoms with Crippen molar-refractivity contribution in [2.45, 2.75) is 4.90 Å². The van der Waals surface area contributed by atoms with Crippen molar-refractivity contribution in [3.8, 4) is 5.75 Å². The van der Waals surface area contributed by atoms with Crippen LogP contribution in [-0.4, -0.2) is 56.1 Å². The summed E-state index contributed by atoms with van der Waals surface area (Å²) >= 11 is 6.33. The molecule has 1 aliphatic heterocycles. The molecule has 4 rings (SSSR count). The zero-order valence-corrected chi connectivity index (χ0v) is 17.2. The van der Waals surface area contributed by atoms with Crippen molar-refractivity contribution in [3.05, 3.63) is 47.7 Å². The third kappa shape index (κ3) is 3.99. The Hall–Kier alpha value is -2.46. The van der Waals surface area contributed by atoms with Crippen molar-refractivity contribution < 1.29 is 17.9 Å². The van der Waals surface area contributed by atoms with Crippen LogP contribution in [0.5, 0.6) is 5.75 Å². The smallest absolute Gasteiger partial charge is 0.243 e. The summed E-state index contributed by atoms with van der Waals surface area (Å²) in [6.07, 6.45) is 1.43. The number of hydrogen-bond donors (Lipinski definition) is 1. The van der Waals surface area contributed by atoms with E-state index in [1.54, 1.807) is 19.2 Å². The fraction of sp³-hybridized carbons (Fsp3) is 0.263. The number of ether oxygens (including phenoxy) is 2. The maximum Gasteiger partial charge on any atom is 0.243 e. The topological polar surface area (TPSA) is 93.7 Å². The molecule has 0 amide bonds. The molecule has 0 unspecified atom stereocenters. The molecule has 0 radical (unpaired) electrons. The molecule has 3 aromatic rings. The van der Waals surface area contributed by atoms with Crippen LogP contribution in [0.4, 0.5) is 11.5 Å². The highest BCUT2D eigenvalue weighted by Gasteiger charge is 2.27. The molecule has 1 fully saturated rings. The summed E-state index contributed by atoms with van der Waals surface area (Å²) in [7, 11) is -2.07. The van der Waals surface area contributed by atoms with Gasteiger partial charge in [-0.15, -0.1) is 0 Å². The minimum atomic E-state index is -3.64. The first-order chi connectivity index (χ1) is 14.0. The lowest BCUT2D eigenvalue weighted by molar-refractivity contribution is 0.0730. The molecule has 2 heterocycles. The van der Waals surface area contributed by atoms with Crippen LogP contribution in [0, 0.1) is 0 Å². The molecule has 1 N–H and O–H groups in total. The monoisotopic (exact) mass is 434 g/mol. The molecule has 1 saturated heterocycles. The summed E-state index contributed by atoms with van der Waals surface area (Å²) in [6, 6.07) is 10.0. The average molecular weight is 435 g/mol. The lowest BCUT2D eigenvalue weighted by atomic mass is 10.2. The second-order valence-corrected chi connectivity index (χ2v) is 8.73. The molecular formula is C19H19ClN4O4S. The summed E-state index contributed by atoms with van der Waals surface area (Å²) in [5.74, 6) is 1.15. The van der Waals surface area contributed by atoms with Gasteiger partial charge in [0.1, 0.15) is 17.9 Å². The molecule has 152 valence electrons. The molecule has 0 bridgehead atoms. The number of nitrogens with zero attached hydrogens (tertiary/aromatic N) is 3. The molecule has 0 spiro atoms. The predicted octanol–water partition coefficient (Wildman–Crippen LogP) is 3.06. The summed E-state index contributed by atoms with van der Waals surface area (Å²) < 4.78 is 37.9. The van der Waals surface area contributed by atoms with E-state index in [-0.39, 0.29) is 4.90 Å². The number of anilines is 2. The number of methoxy groups -OCH3 is 1. The Labute approximate surface area is 173 Å². The molecule has 8 nitrogen and oxygen atoms in total. The van der Waals surface area contributed by atoms with Gasteiger partial charge in [0.2, 0.25) is 10.0 Å². The molecule has 1 aromatic heterocycles. The van der Waals surface area contributed by atoms with E-state index in [1.807, 2.05) is 12.1 Å². The fourth-order valence-corrected chi connectivity index (χ4v) is 4.69. The van der Waals surface area contributed by atoms with Gasteiger partial charge in [-0.2, -0.15) is 4.31 Å². The Morgan fingerprint density at radius 2 is 1.93 bits per heavy atom. The van der Waals surface area contributed by atoms with Gasteiger partial charge in [-0.3, -0.25) is 0 Å². The van der Waals surface area contributed by atoms with E-state index in [0.717, 1.165) is 10.9 Å². The third-order valence-electron chi connectivity index (χ3n) is 4.64. The zero-order valence-electron chi connectivity index (χ0n) is 15.6. The van der Waals surface area contributed by atoms with E-state index >= 15 is 0 Å². The van der Waals surface area contributed by atoms with Crippen LogP contribution in [0.15, 0.2) is 47.6 Å². The lowest BCUT2D eigenvalue weighted by Crippen LogP contribution is -2.40. The van der Waals surface area contributed by atoms with Crippen molar-refractivity contribution in [2.24, 2.45) is 0 Å². The van der Waals surface area contributed by atoms with Gasteiger partial charge in [0, 0.05) is 18.5 Å². The average Bonchev–Trinajstić information content (AvgIpc) is 2.75. The maximum atomic E-state index is 13.0. The van der Waals surface area contributed by atoms with E-state index in [0.29, 0.717) is 48.6 Å². The molecule has 10 heteroatoms. The molecular weight excluding hydrogens is 416 g/mol. The SMILES string of the molecule is COc1ccc2ncnc(Nc3cc(S(=O)(=O)N4CCOCC4)ccc3Cl)c2c1. The molecule has 0 aliphatic carbocycles. The van der Waals surface area contributed by atoms with Crippen molar-refractivity contribution in [3.63, 3.8) is 0 Å². The molecule has 29 heavy (non-hydrogen) atoms. The third-order valence-corrected chi connectivity index (χ3v) is 6.87. The van der Waals surface area contributed by atoms with E-state index in [1.165, 1.54) is 22.8 Å². The summed E-state index contributed by atoms with van der Waals surface area (Å²) in [4.78, 5) is 8.69. The number of sulfonamides is 1. The normalized spacial score (nSPS) is 15.4. The number of benzene rings is 2. The predicted molar refractivity (Wildman–Crippen MR) is 110 cm³/mol. The van der Waals surface area contributed by atoms with E-state index in [4.69, 9.17) is 21.1 Å². The van der Waals surface area contributed by atoms with Gasteiger partial charge >= 0.3 is 0 Å². The largest absolute Gasteiger partial charge is 0.497 e. The van der Waals surface area contributed by atoms with Crippen LogP contribution < -0.4 is 10.1 Å². The van der Waals surface area contributed by atoms with Crippen molar-refractivity contribution >= 4 is 44.0 Å². The summed E-state index contributed by atoms with van der Waals surface area (Å²) in [5.41, 5.74) is 1.15. The van der Waals surface area contributed by atoms with Crippen LogP contribution >= 0.6 is 11.6 Å². The number of fused-ring (bicyclic) bond motifs is 1. The first-order valence-corrected chi connectivity index (χ1v) is 10.7. The van der Waals surface area contributed by atoms with Crippen LogP contribution in [0.1, 0.15) is 0 Å². The first-order valence-electron chi connectivity index (χ1n) is 8.92. The van der Waals surface area contributed by atoms with Crippen LogP contribution in [0.2, 0.25) is 5.02 Å². The maximum absolute atomic E-state index is 13.0. The van der Waals surface area contributed by atoms with Crippen molar-refractivity contribution in [2.75, 3.05) is 38.7 Å². The molecule has 0 saturated carbocycles. The zero-order chi connectivity index (χ0) is 20.4. The number of hydrogen-bond acceptors (Lipinski definition) is 7. The van der Waals surface area contributed by atoms with E-state index in [2.05, 4.69) is 15.3 Å². The number of halogens is 1. The minimum absolute atomic E-state index is 0.155.